The van der Waals surface area contributed by atoms with E-state index < -0.39 is 5.54 Å². The van der Waals surface area contributed by atoms with Crippen molar-refractivity contribution in [2.24, 2.45) is 17.4 Å². The van der Waals surface area contributed by atoms with Gasteiger partial charge in [0.1, 0.15) is 5.54 Å². The SMILES string of the molecule is COC1CCCN(CC(N)(C(N)=O)C2CC2)C1. The monoisotopic (exact) mass is 241 g/mol. The van der Waals surface area contributed by atoms with Gasteiger partial charge in [-0.25, -0.2) is 0 Å². The highest BCUT2D eigenvalue weighted by atomic mass is 16.5. The van der Waals surface area contributed by atoms with E-state index >= 15 is 0 Å². The van der Waals surface area contributed by atoms with Gasteiger partial charge in [-0.1, -0.05) is 0 Å². The van der Waals surface area contributed by atoms with E-state index in [1.165, 1.54) is 0 Å². The van der Waals surface area contributed by atoms with Gasteiger partial charge in [0.15, 0.2) is 0 Å². The quantitative estimate of drug-likeness (QED) is 0.692. The van der Waals surface area contributed by atoms with Crippen LogP contribution in [-0.2, 0) is 9.53 Å². The zero-order chi connectivity index (χ0) is 12.5. The first-order chi connectivity index (χ1) is 8.06. The predicted molar refractivity (Wildman–Crippen MR) is 65.3 cm³/mol. The van der Waals surface area contributed by atoms with E-state index in [-0.39, 0.29) is 17.9 Å². The summed E-state index contributed by atoms with van der Waals surface area (Å²) in [4.78, 5) is 13.8. The molecule has 1 saturated carbocycles. The standard InChI is InChI=1S/C12H23N3O2/c1-17-10-3-2-6-15(7-10)8-12(14,11(13)16)9-4-5-9/h9-10H,2-8,14H2,1H3,(H2,13,16). The van der Waals surface area contributed by atoms with Gasteiger partial charge in [-0.2, -0.15) is 0 Å². The van der Waals surface area contributed by atoms with Crippen LogP contribution in [-0.4, -0.2) is 49.2 Å². The predicted octanol–water partition coefficient (Wildman–Crippen LogP) is -0.310. The Morgan fingerprint density at radius 2 is 2.18 bits per heavy atom. The Labute approximate surface area is 102 Å². The lowest BCUT2D eigenvalue weighted by Crippen LogP contribution is -2.62. The lowest BCUT2D eigenvalue weighted by atomic mass is 9.92. The van der Waals surface area contributed by atoms with Gasteiger partial charge in [0.2, 0.25) is 5.91 Å². The van der Waals surface area contributed by atoms with Crippen LogP contribution in [0.5, 0.6) is 0 Å². The van der Waals surface area contributed by atoms with E-state index in [0.717, 1.165) is 38.8 Å². The fourth-order valence-electron chi connectivity index (χ4n) is 2.73. The van der Waals surface area contributed by atoms with Crippen LogP contribution in [0.25, 0.3) is 0 Å². The molecule has 1 heterocycles. The Hall–Kier alpha value is -0.650. The number of piperidine rings is 1. The van der Waals surface area contributed by atoms with Crippen LogP contribution in [0.15, 0.2) is 0 Å². The highest BCUT2D eigenvalue weighted by Gasteiger charge is 2.48. The van der Waals surface area contributed by atoms with Crippen molar-refractivity contribution in [3.05, 3.63) is 0 Å². The molecular formula is C12H23N3O2. The summed E-state index contributed by atoms with van der Waals surface area (Å²) in [5.41, 5.74) is 10.8. The summed E-state index contributed by atoms with van der Waals surface area (Å²) < 4.78 is 5.37. The average Bonchev–Trinajstić information content (AvgIpc) is 3.13. The molecule has 0 radical (unpaired) electrons. The molecule has 2 unspecified atom stereocenters. The van der Waals surface area contributed by atoms with Gasteiger partial charge in [0, 0.05) is 20.2 Å². The average molecular weight is 241 g/mol. The van der Waals surface area contributed by atoms with Crippen LogP contribution >= 0.6 is 0 Å². The van der Waals surface area contributed by atoms with Crippen LogP contribution in [0.3, 0.4) is 0 Å². The minimum absolute atomic E-state index is 0.264. The Kier molecular flexibility index (Phi) is 3.70. The second-order valence-corrected chi connectivity index (χ2v) is 5.41. The minimum atomic E-state index is -0.838. The molecule has 1 saturated heterocycles. The van der Waals surface area contributed by atoms with Gasteiger partial charge in [-0.3, -0.25) is 9.69 Å². The largest absolute Gasteiger partial charge is 0.380 e. The molecule has 2 rings (SSSR count). The summed E-state index contributed by atoms with van der Waals surface area (Å²) in [6.45, 7) is 2.42. The molecule has 2 fully saturated rings. The normalized spacial score (nSPS) is 29.9. The molecule has 0 spiro atoms. The topological polar surface area (TPSA) is 81.6 Å². The van der Waals surface area contributed by atoms with Gasteiger partial charge in [-0.05, 0) is 38.1 Å². The summed E-state index contributed by atoms with van der Waals surface area (Å²) in [7, 11) is 1.73. The van der Waals surface area contributed by atoms with E-state index in [1.54, 1.807) is 7.11 Å². The molecule has 0 aromatic rings. The van der Waals surface area contributed by atoms with E-state index in [9.17, 15) is 4.79 Å². The maximum Gasteiger partial charge on any atom is 0.239 e. The number of methoxy groups -OCH3 is 1. The molecule has 98 valence electrons. The third kappa shape index (κ3) is 2.78. The Balaban J connectivity index is 1.95. The molecule has 4 N–H and O–H groups in total. The van der Waals surface area contributed by atoms with Gasteiger partial charge in [-0.15, -0.1) is 0 Å². The summed E-state index contributed by atoms with van der Waals surface area (Å²) in [6, 6.07) is 0. The molecule has 2 aliphatic rings. The van der Waals surface area contributed by atoms with Gasteiger partial charge in [0.05, 0.1) is 6.10 Å². The summed E-state index contributed by atoms with van der Waals surface area (Å²) >= 11 is 0. The molecular weight excluding hydrogens is 218 g/mol. The summed E-state index contributed by atoms with van der Waals surface area (Å²) in [5.74, 6) is -0.0811. The van der Waals surface area contributed by atoms with E-state index in [4.69, 9.17) is 16.2 Å². The Morgan fingerprint density at radius 1 is 1.47 bits per heavy atom. The van der Waals surface area contributed by atoms with Gasteiger partial charge in [0.25, 0.3) is 0 Å². The number of rotatable bonds is 5. The molecule has 2 atom stereocenters. The molecule has 0 bridgehead atoms. The lowest BCUT2D eigenvalue weighted by molar-refractivity contribution is -0.125. The molecule has 5 heteroatoms. The highest BCUT2D eigenvalue weighted by Crippen LogP contribution is 2.38. The van der Waals surface area contributed by atoms with Crippen LogP contribution in [0.1, 0.15) is 25.7 Å². The van der Waals surface area contributed by atoms with Crippen LogP contribution in [0, 0.1) is 5.92 Å². The second-order valence-electron chi connectivity index (χ2n) is 5.41. The number of ether oxygens (including phenoxy) is 1. The minimum Gasteiger partial charge on any atom is -0.380 e. The molecule has 0 aromatic heterocycles. The number of hydrogen-bond acceptors (Lipinski definition) is 4. The molecule has 1 aliphatic carbocycles. The van der Waals surface area contributed by atoms with Crippen molar-refractivity contribution < 1.29 is 9.53 Å². The first-order valence-electron chi connectivity index (χ1n) is 6.40. The van der Waals surface area contributed by atoms with Crippen LogP contribution < -0.4 is 11.5 Å². The van der Waals surface area contributed by atoms with E-state index in [0.29, 0.717) is 6.54 Å². The number of amides is 1. The second kappa shape index (κ2) is 4.92. The maximum atomic E-state index is 11.6. The van der Waals surface area contributed by atoms with Crippen molar-refractivity contribution >= 4 is 5.91 Å². The number of likely N-dealkylation sites (tertiary alicyclic amines) is 1. The van der Waals surface area contributed by atoms with Gasteiger partial charge >= 0.3 is 0 Å². The Morgan fingerprint density at radius 3 is 2.71 bits per heavy atom. The fraction of sp³-hybridized carbons (Fsp3) is 0.917. The first kappa shape index (κ1) is 12.8. The van der Waals surface area contributed by atoms with Crippen LogP contribution in [0.2, 0.25) is 0 Å². The van der Waals surface area contributed by atoms with Crippen LogP contribution in [0.4, 0.5) is 0 Å². The number of carbonyl (C=O) groups is 1. The Bertz CT molecular complexity index is 293. The molecule has 0 aromatic carbocycles. The number of nitrogens with zero attached hydrogens (tertiary/aromatic N) is 1. The smallest absolute Gasteiger partial charge is 0.239 e. The molecule has 17 heavy (non-hydrogen) atoms. The summed E-state index contributed by atoms with van der Waals surface area (Å²) in [6.07, 6.45) is 4.50. The third-order valence-electron chi connectivity index (χ3n) is 4.05. The van der Waals surface area contributed by atoms with Crippen molar-refractivity contribution in [1.82, 2.24) is 4.90 Å². The van der Waals surface area contributed by atoms with Crippen molar-refractivity contribution in [3.63, 3.8) is 0 Å². The van der Waals surface area contributed by atoms with Crippen molar-refractivity contribution in [3.8, 4) is 0 Å². The first-order valence-corrected chi connectivity index (χ1v) is 6.40. The van der Waals surface area contributed by atoms with Crippen molar-refractivity contribution in [2.45, 2.75) is 37.3 Å². The number of hydrogen-bond donors (Lipinski definition) is 2. The van der Waals surface area contributed by atoms with Crippen molar-refractivity contribution in [2.75, 3.05) is 26.7 Å². The van der Waals surface area contributed by atoms with E-state index in [1.807, 2.05) is 0 Å². The lowest BCUT2D eigenvalue weighted by Gasteiger charge is -2.37. The highest BCUT2D eigenvalue weighted by molar-refractivity contribution is 5.85. The van der Waals surface area contributed by atoms with Crippen molar-refractivity contribution in [1.29, 1.82) is 0 Å². The fourth-order valence-corrected chi connectivity index (χ4v) is 2.73. The van der Waals surface area contributed by atoms with Gasteiger partial charge < -0.3 is 16.2 Å². The number of primary amides is 1. The maximum absolute atomic E-state index is 11.6. The zero-order valence-corrected chi connectivity index (χ0v) is 10.5. The van der Waals surface area contributed by atoms with E-state index in [2.05, 4.69) is 4.90 Å². The third-order valence-corrected chi connectivity index (χ3v) is 4.05. The number of carbonyl (C=O) groups excluding carboxylic acids is 1. The number of nitrogens with two attached hydrogens (primary N) is 2. The zero-order valence-electron chi connectivity index (χ0n) is 10.5. The molecule has 5 nitrogen and oxygen atoms in total. The summed E-state index contributed by atoms with van der Waals surface area (Å²) in [5, 5.41) is 0. The molecule has 1 aliphatic heterocycles. The molecule has 1 amide bonds.